The van der Waals surface area contributed by atoms with Crippen molar-refractivity contribution in [3.8, 4) is 5.82 Å². The molecule has 0 saturated carbocycles. The first-order valence-corrected chi connectivity index (χ1v) is 8.66. The van der Waals surface area contributed by atoms with Crippen molar-refractivity contribution < 1.29 is 0 Å². The highest BCUT2D eigenvalue weighted by Gasteiger charge is 2.28. The summed E-state index contributed by atoms with van der Waals surface area (Å²) in [5, 5.41) is 8.95. The van der Waals surface area contributed by atoms with E-state index >= 15 is 0 Å². The van der Waals surface area contributed by atoms with Gasteiger partial charge in [0, 0.05) is 37.0 Å². The van der Waals surface area contributed by atoms with Gasteiger partial charge in [-0.15, -0.1) is 5.10 Å². The van der Waals surface area contributed by atoms with Crippen LogP contribution in [-0.4, -0.2) is 42.6 Å². The summed E-state index contributed by atoms with van der Waals surface area (Å²) in [5.41, 5.74) is 1.83. The van der Waals surface area contributed by atoms with Crippen LogP contribution in [0.4, 0.5) is 5.82 Å². The number of anilines is 1. The minimum atomic E-state index is -0.0911. The number of hydrogen-bond donors (Lipinski definition) is 0. The van der Waals surface area contributed by atoms with E-state index in [0.717, 1.165) is 36.1 Å². The predicted octanol–water partition coefficient (Wildman–Crippen LogP) is 1.28. The third kappa shape index (κ3) is 3.10. The number of aryl methyl sites for hydroxylation is 3. The van der Waals surface area contributed by atoms with E-state index in [1.54, 1.807) is 27.7 Å². The Kier molecular flexibility index (Phi) is 4.02. The van der Waals surface area contributed by atoms with Crippen LogP contribution >= 0.6 is 0 Å². The first kappa shape index (κ1) is 16.4. The minimum absolute atomic E-state index is 0.0911. The molecule has 8 heteroatoms. The molecular weight excluding hydrogens is 330 g/mol. The summed E-state index contributed by atoms with van der Waals surface area (Å²) in [4.78, 5) is 23.0. The SMILES string of the molecule is Cc1cc(C)n(-c2ccc(=O)n(CC3CN(c4ccnc(C)n4)C3)n2)n1. The average Bonchev–Trinajstić information content (AvgIpc) is 2.90. The van der Waals surface area contributed by atoms with E-state index in [2.05, 4.69) is 25.1 Å². The molecule has 3 aromatic rings. The fourth-order valence-electron chi connectivity index (χ4n) is 3.28. The van der Waals surface area contributed by atoms with Crippen molar-refractivity contribution in [3.05, 3.63) is 58.0 Å². The van der Waals surface area contributed by atoms with Gasteiger partial charge in [0.2, 0.25) is 0 Å². The van der Waals surface area contributed by atoms with Crippen LogP contribution in [0.5, 0.6) is 0 Å². The van der Waals surface area contributed by atoms with E-state index in [1.165, 1.54) is 0 Å². The average molecular weight is 351 g/mol. The van der Waals surface area contributed by atoms with E-state index < -0.39 is 0 Å². The fourth-order valence-corrected chi connectivity index (χ4v) is 3.28. The lowest BCUT2D eigenvalue weighted by Gasteiger charge is -2.40. The van der Waals surface area contributed by atoms with Gasteiger partial charge in [-0.1, -0.05) is 0 Å². The summed E-state index contributed by atoms with van der Waals surface area (Å²) in [6.45, 7) is 8.10. The summed E-state index contributed by atoms with van der Waals surface area (Å²) < 4.78 is 3.31. The molecule has 0 atom stereocenters. The molecule has 1 saturated heterocycles. The topological polar surface area (TPSA) is 81.7 Å². The molecule has 1 aliphatic heterocycles. The van der Waals surface area contributed by atoms with Crippen molar-refractivity contribution in [2.45, 2.75) is 27.3 Å². The summed E-state index contributed by atoms with van der Waals surface area (Å²) in [6.07, 6.45) is 1.77. The van der Waals surface area contributed by atoms with E-state index in [9.17, 15) is 4.79 Å². The van der Waals surface area contributed by atoms with E-state index in [-0.39, 0.29) is 5.56 Å². The Bertz CT molecular complexity index is 1000. The molecule has 26 heavy (non-hydrogen) atoms. The van der Waals surface area contributed by atoms with Gasteiger partial charge in [0.05, 0.1) is 12.2 Å². The van der Waals surface area contributed by atoms with Crippen molar-refractivity contribution in [1.82, 2.24) is 29.5 Å². The molecule has 1 fully saturated rings. The molecule has 0 amide bonds. The normalized spacial score (nSPS) is 14.5. The van der Waals surface area contributed by atoms with Gasteiger partial charge in [-0.2, -0.15) is 5.10 Å². The maximum absolute atomic E-state index is 12.2. The van der Waals surface area contributed by atoms with Crippen molar-refractivity contribution >= 4 is 5.82 Å². The first-order chi connectivity index (χ1) is 12.5. The van der Waals surface area contributed by atoms with Crippen molar-refractivity contribution in [1.29, 1.82) is 0 Å². The zero-order valence-electron chi connectivity index (χ0n) is 15.1. The lowest BCUT2D eigenvalue weighted by molar-refractivity contribution is 0.332. The zero-order valence-corrected chi connectivity index (χ0v) is 15.1. The van der Waals surface area contributed by atoms with Crippen LogP contribution < -0.4 is 10.5 Å². The van der Waals surface area contributed by atoms with Gasteiger partial charge < -0.3 is 4.90 Å². The molecule has 1 aliphatic rings. The van der Waals surface area contributed by atoms with E-state index in [0.29, 0.717) is 18.3 Å². The Balaban J connectivity index is 1.48. The van der Waals surface area contributed by atoms with Gasteiger partial charge >= 0.3 is 0 Å². The van der Waals surface area contributed by atoms with Crippen LogP contribution in [0.2, 0.25) is 0 Å². The van der Waals surface area contributed by atoms with Gasteiger partial charge in [0.1, 0.15) is 11.6 Å². The van der Waals surface area contributed by atoms with E-state index in [1.807, 2.05) is 32.9 Å². The molecule has 0 aromatic carbocycles. The van der Waals surface area contributed by atoms with Crippen LogP contribution in [-0.2, 0) is 6.54 Å². The second-order valence-corrected chi connectivity index (χ2v) is 6.78. The van der Waals surface area contributed by atoms with Crippen molar-refractivity contribution in [3.63, 3.8) is 0 Å². The Morgan fingerprint density at radius 1 is 1.08 bits per heavy atom. The molecule has 8 nitrogen and oxygen atoms in total. The predicted molar refractivity (Wildman–Crippen MR) is 97.6 cm³/mol. The van der Waals surface area contributed by atoms with Crippen molar-refractivity contribution in [2.75, 3.05) is 18.0 Å². The third-order valence-electron chi connectivity index (χ3n) is 4.55. The smallest absolute Gasteiger partial charge is 0.266 e. The molecular formula is C18H21N7O. The number of hydrogen-bond acceptors (Lipinski definition) is 6. The van der Waals surface area contributed by atoms with Crippen LogP contribution in [0.25, 0.3) is 5.82 Å². The molecule has 0 radical (unpaired) electrons. The standard InChI is InChI=1S/C18H21N7O/c1-12-8-13(2)25(21-12)17-4-5-18(26)24(22-17)11-15-9-23(10-15)16-6-7-19-14(3)20-16/h4-8,15H,9-11H2,1-3H3. The Morgan fingerprint density at radius 2 is 1.88 bits per heavy atom. The molecule has 0 N–H and O–H groups in total. The summed E-state index contributed by atoms with van der Waals surface area (Å²) in [7, 11) is 0. The Morgan fingerprint density at radius 3 is 2.58 bits per heavy atom. The van der Waals surface area contributed by atoms with Crippen LogP contribution in [0, 0.1) is 26.7 Å². The highest BCUT2D eigenvalue weighted by Crippen LogP contribution is 2.23. The van der Waals surface area contributed by atoms with Gasteiger partial charge in [-0.25, -0.2) is 19.3 Å². The molecule has 3 aromatic heterocycles. The fraction of sp³-hybridized carbons (Fsp3) is 0.389. The number of nitrogens with zero attached hydrogens (tertiary/aromatic N) is 7. The second kappa shape index (κ2) is 6.36. The number of rotatable bonds is 4. The lowest BCUT2D eigenvalue weighted by atomic mass is 10.0. The highest BCUT2D eigenvalue weighted by atomic mass is 16.1. The molecule has 4 rings (SSSR count). The van der Waals surface area contributed by atoms with Crippen LogP contribution in [0.15, 0.2) is 35.3 Å². The van der Waals surface area contributed by atoms with E-state index in [4.69, 9.17) is 0 Å². The summed E-state index contributed by atoms with van der Waals surface area (Å²) in [6, 6.07) is 7.18. The first-order valence-electron chi connectivity index (χ1n) is 8.66. The van der Waals surface area contributed by atoms with Crippen LogP contribution in [0.3, 0.4) is 0 Å². The van der Waals surface area contributed by atoms with Crippen LogP contribution in [0.1, 0.15) is 17.2 Å². The molecule has 0 unspecified atom stereocenters. The maximum atomic E-state index is 12.2. The Labute approximate surface area is 151 Å². The molecule has 0 aliphatic carbocycles. The number of aromatic nitrogens is 6. The quantitative estimate of drug-likeness (QED) is 0.704. The molecule has 0 spiro atoms. The Hall–Kier alpha value is -3.03. The summed E-state index contributed by atoms with van der Waals surface area (Å²) >= 11 is 0. The van der Waals surface area contributed by atoms with Gasteiger partial charge in [0.25, 0.3) is 5.56 Å². The molecule has 4 heterocycles. The molecule has 0 bridgehead atoms. The maximum Gasteiger partial charge on any atom is 0.266 e. The van der Waals surface area contributed by atoms with Gasteiger partial charge in [-0.05, 0) is 39.0 Å². The van der Waals surface area contributed by atoms with Crippen molar-refractivity contribution in [2.24, 2.45) is 5.92 Å². The summed E-state index contributed by atoms with van der Waals surface area (Å²) in [5.74, 6) is 2.73. The monoisotopic (exact) mass is 351 g/mol. The molecule has 134 valence electrons. The second-order valence-electron chi connectivity index (χ2n) is 6.78. The third-order valence-corrected chi connectivity index (χ3v) is 4.55. The zero-order chi connectivity index (χ0) is 18.3. The minimum Gasteiger partial charge on any atom is -0.356 e. The highest BCUT2D eigenvalue weighted by molar-refractivity contribution is 5.40. The lowest BCUT2D eigenvalue weighted by Crippen LogP contribution is -2.50. The van der Waals surface area contributed by atoms with Gasteiger partial charge in [0.15, 0.2) is 5.82 Å². The van der Waals surface area contributed by atoms with Gasteiger partial charge in [-0.3, -0.25) is 4.79 Å². The largest absolute Gasteiger partial charge is 0.356 e.